The molecule has 2 amide bonds. The Bertz CT molecular complexity index is 366. The highest BCUT2D eigenvalue weighted by Gasteiger charge is 2.43. The fraction of sp³-hybridized carbons (Fsp3) is 0.727. The first-order valence-electron chi connectivity index (χ1n) is 5.99. The van der Waals surface area contributed by atoms with Crippen LogP contribution in [-0.4, -0.2) is 57.6 Å². The van der Waals surface area contributed by atoms with Crippen molar-refractivity contribution in [3.05, 3.63) is 0 Å². The van der Waals surface area contributed by atoms with Crippen molar-refractivity contribution in [2.24, 2.45) is 0 Å². The van der Waals surface area contributed by atoms with Crippen LogP contribution in [0.25, 0.3) is 0 Å². The Hall–Kier alpha value is -1.50. The van der Waals surface area contributed by atoms with Crippen LogP contribution in [0.4, 0.5) is 4.79 Å². The molecule has 0 saturated carbocycles. The number of aliphatic carboxylic acids is 1. The zero-order valence-corrected chi connectivity index (χ0v) is 11.2. The minimum atomic E-state index is -1.37. The summed E-state index contributed by atoms with van der Waals surface area (Å²) in [5.74, 6) is -1.16. The normalized spacial score (nSPS) is 17.8. The van der Waals surface area contributed by atoms with E-state index in [2.05, 4.69) is 5.32 Å². The minimum absolute atomic E-state index is 0.0707. The van der Waals surface area contributed by atoms with Gasteiger partial charge < -0.3 is 20.4 Å². The van der Waals surface area contributed by atoms with Gasteiger partial charge in [-0.25, -0.2) is 9.59 Å². The molecule has 0 spiro atoms. The number of nitrogens with one attached hydrogen (secondary N) is 1. The number of hydrogen-bond acceptors (Lipinski definition) is 3. The molecule has 108 valence electrons. The van der Waals surface area contributed by atoms with Crippen molar-refractivity contribution in [1.29, 1.82) is 0 Å². The van der Waals surface area contributed by atoms with Crippen LogP contribution in [0.15, 0.2) is 0 Å². The number of alkyl halides is 1. The maximum atomic E-state index is 11.6. The van der Waals surface area contributed by atoms with Gasteiger partial charge in [-0.15, -0.1) is 11.6 Å². The molecule has 19 heavy (non-hydrogen) atoms. The van der Waals surface area contributed by atoms with E-state index in [4.69, 9.17) is 16.7 Å². The lowest BCUT2D eigenvalue weighted by atomic mass is 9.87. The topological polar surface area (TPSA) is 107 Å². The van der Waals surface area contributed by atoms with E-state index in [0.717, 1.165) is 4.90 Å². The Kier molecular flexibility index (Phi) is 5.41. The molecule has 0 aromatic heterocycles. The summed E-state index contributed by atoms with van der Waals surface area (Å²) in [5, 5.41) is 20.6. The van der Waals surface area contributed by atoms with Crippen LogP contribution in [0.1, 0.15) is 25.7 Å². The lowest BCUT2D eigenvalue weighted by molar-refractivity contribution is -0.149. The first-order chi connectivity index (χ1) is 8.91. The molecule has 0 aromatic rings. The zero-order valence-electron chi connectivity index (χ0n) is 10.4. The van der Waals surface area contributed by atoms with Crippen LogP contribution in [0.5, 0.6) is 0 Å². The van der Waals surface area contributed by atoms with Crippen molar-refractivity contribution in [2.75, 3.05) is 19.0 Å². The zero-order chi connectivity index (χ0) is 14.5. The third kappa shape index (κ3) is 3.99. The average Bonchev–Trinajstić information content (AvgIpc) is 2.36. The third-order valence-electron chi connectivity index (χ3n) is 3.21. The summed E-state index contributed by atoms with van der Waals surface area (Å²) in [6, 6.07) is 0. The Labute approximate surface area is 115 Å². The summed E-state index contributed by atoms with van der Waals surface area (Å²) in [4.78, 5) is 34.9. The largest absolute Gasteiger partial charge is 0.480 e. The fourth-order valence-electron chi connectivity index (χ4n) is 2.03. The van der Waals surface area contributed by atoms with E-state index in [1.54, 1.807) is 0 Å². The maximum Gasteiger partial charge on any atom is 0.407 e. The van der Waals surface area contributed by atoms with Gasteiger partial charge >= 0.3 is 12.1 Å². The minimum Gasteiger partial charge on any atom is -0.480 e. The summed E-state index contributed by atoms with van der Waals surface area (Å²) >= 11 is 5.47. The van der Waals surface area contributed by atoms with Crippen molar-refractivity contribution in [3.63, 3.8) is 0 Å². The highest BCUT2D eigenvalue weighted by molar-refractivity contribution is 6.17. The van der Waals surface area contributed by atoms with Gasteiger partial charge in [-0.1, -0.05) is 0 Å². The number of carboxylic acids is 1. The molecule has 0 unspecified atom stereocenters. The van der Waals surface area contributed by atoms with E-state index in [9.17, 15) is 19.5 Å². The van der Waals surface area contributed by atoms with Crippen molar-refractivity contribution >= 4 is 29.6 Å². The van der Waals surface area contributed by atoms with Gasteiger partial charge in [-0.2, -0.15) is 0 Å². The van der Waals surface area contributed by atoms with Gasteiger partial charge in [0, 0.05) is 25.4 Å². The van der Waals surface area contributed by atoms with Crippen LogP contribution in [0, 0.1) is 0 Å². The van der Waals surface area contributed by atoms with Crippen LogP contribution in [-0.2, 0) is 9.59 Å². The molecule has 0 radical (unpaired) electrons. The maximum absolute atomic E-state index is 11.6. The van der Waals surface area contributed by atoms with E-state index >= 15 is 0 Å². The number of halogens is 1. The number of rotatable bonds is 5. The molecular formula is C11H17ClN2O5. The fourth-order valence-corrected chi connectivity index (χ4v) is 2.16. The Balaban J connectivity index is 2.65. The SMILES string of the molecule is O=C(CCCCl)NC1(C(=O)O)CCN(C(=O)O)CC1. The van der Waals surface area contributed by atoms with Crippen molar-refractivity contribution in [2.45, 2.75) is 31.2 Å². The molecule has 0 aromatic carbocycles. The summed E-state index contributed by atoms with van der Waals surface area (Å²) in [5.41, 5.74) is -1.37. The Morgan fingerprint density at radius 1 is 1.21 bits per heavy atom. The molecular weight excluding hydrogens is 276 g/mol. The van der Waals surface area contributed by atoms with E-state index in [1.165, 1.54) is 0 Å². The molecule has 0 aliphatic carbocycles. The van der Waals surface area contributed by atoms with Crippen molar-refractivity contribution in [3.8, 4) is 0 Å². The van der Waals surface area contributed by atoms with Gasteiger partial charge in [0.1, 0.15) is 5.54 Å². The standard InChI is InChI=1S/C11H17ClN2O5/c12-5-1-2-8(15)13-11(9(16)17)3-6-14(7-4-11)10(18)19/h1-7H2,(H,13,15)(H,16,17)(H,18,19). The molecule has 1 saturated heterocycles. The molecule has 0 atom stereocenters. The van der Waals surface area contributed by atoms with Crippen molar-refractivity contribution < 1.29 is 24.6 Å². The quantitative estimate of drug-likeness (QED) is 0.647. The van der Waals surface area contributed by atoms with Crippen molar-refractivity contribution in [1.82, 2.24) is 10.2 Å². The van der Waals surface area contributed by atoms with Gasteiger partial charge in [0.25, 0.3) is 0 Å². The second-order valence-corrected chi connectivity index (χ2v) is 4.88. The smallest absolute Gasteiger partial charge is 0.407 e. The van der Waals surface area contributed by atoms with Gasteiger partial charge in [-0.05, 0) is 19.3 Å². The number of amides is 2. The summed E-state index contributed by atoms with van der Waals surface area (Å²) in [6.07, 6.45) is -0.291. The first kappa shape index (κ1) is 15.6. The number of nitrogens with zero attached hydrogens (tertiary/aromatic N) is 1. The molecule has 1 fully saturated rings. The molecule has 1 aliphatic heterocycles. The molecule has 1 aliphatic rings. The second-order valence-electron chi connectivity index (χ2n) is 4.50. The predicted molar refractivity (Wildman–Crippen MR) is 67.3 cm³/mol. The monoisotopic (exact) mass is 292 g/mol. The number of carboxylic acid groups (broad SMARTS) is 2. The predicted octanol–water partition coefficient (Wildman–Crippen LogP) is 0.719. The number of likely N-dealkylation sites (tertiary alicyclic amines) is 1. The Morgan fingerprint density at radius 3 is 2.21 bits per heavy atom. The number of carbonyl (C=O) groups excluding carboxylic acids is 1. The summed E-state index contributed by atoms with van der Waals surface area (Å²) in [6.45, 7) is 0.189. The lowest BCUT2D eigenvalue weighted by Gasteiger charge is -2.38. The molecule has 3 N–H and O–H groups in total. The molecule has 7 nitrogen and oxygen atoms in total. The molecule has 8 heteroatoms. The third-order valence-corrected chi connectivity index (χ3v) is 3.48. The number of piperidine rings is 1. The van der Waals surface area contributed by atoms with E-state index in [0.29, 0.717) is 12.3 Å². The van der Waals surface area contributed by atoms with Gasteiger partial charge in [0.2, 0.25) is 5.91 Å². The van der Waals surface area contributed by atoms with Gasteiger partial charge in [0.05, 0.1) is 0 Å². The number of hydrogen-bond donors (Lipinski definition) is 3. The summed E-state index contributed by atoms with van der Waals surface area (Å²) < 4.78 is 0. The van der Waals surface area contributed by atoms with Crippen LogP contribution >= 0.6 is 11.6 Å². The first-order valence-corrected chi connectivity index (χ1v) is 6.53. The van der Waals surface area contributed by atoms with Crippen LogP contribution in [0.2, 0.25) is 0 Å². The Morgan fingerprint density at radius 2 is 1.79 bits per heavy atom. The van der Waals surface area contributed by atoms with E-state index < -0.39 is 17.6 Å². The molecule has 0 bridgehead atoms. The van der Waals surface area contributed by atoms with Crippen LogP contribution in [0.3, 0.4) is 0 Å². The highest BCUT2D eigenvalue weighted by Crippen LogP contribution is 2.23. The second kappa shape index (κ2) is 6.60. The molecule has 1 rings (SSSR count). The van der Waals surface area contributed by atoms with Crippen LogP contribution < -0.4 is 5.32 Å². The average molecular weight is 293 g/mol. The van der Waals surface area contributed by atoms with E-state index in [1.807, 2.05) is 0 Å². The highest BCUT2D eigenvalue weighted by atomic mass is 35.5. The lowest BCUT2D eigenvalue weighted by Crippen LogP contribution is -2.60. The van der Waals surface area contributed by atoms with Gasteiger partial charge in [0.15, 0.2) is 0 Å². The number of carbonyl (C=O) groups is 3. The molecule has 1 heterocycles. The van der Waals surface area contributed by atoms with Gasteiger partial charge in [-0.3, -0.25) is 4.79 Å². The summed E-state index contributed by atoms with van der Waals surface area (Å²) in [7, 11) is 0. The van der Waals surface area contributed by atoms with E-state index in [-0.39, 0.29) is 38.3 Å².